The number of rotatable bonds is 4. The van der Waals surface area contributed by atoms with Crippen LogP contribution in [0.25, 0.3) is 0 Å². The van der Waals surface area contributed by atoms with Crippen LogP contribution in [0.1, 0.15) is 31.9 Å². The van der Waals surface area contributed by atoms with Crippen molar-refractivity contribution in [1.82, 2.24) is 5.32 Å². The van der Waals surface area contributed by atoms with Gasteiger partial charge in [0.05, 0.1) is 6.54 Å². The summed E-state index contributed by atoms with van der Waals surface area (Å²) in [6.07, 6.45) is 0. The molecule has 0 heterocycles. The number of ketones is 1. The SMILES string of the molecule is CC.CC(=O)CNCc1ccc(C)c(F)c1F. The minimum absolute atomic E-state index is 0.0389. The van der Waals surface area contributed by atoms with Crippen LogP contribution in [-0.2, 0) is 11.3 Å². The van der Waals surface area contributed by atoms with Gasteiger partial charge in [-0.05, 0) is 19.4 Å². The van der Waals surface area contributed by atoms with Gasteiger partial charge in [0.15, 0.2) is 11.6 Å². The zero-order chi connectivity index (χ0) is 13.4. The fourth-order valence-corrected chi connectivity index (χ4v) is 1.20. The van der Waals surface area contributed by atoms with E-state index in [1.165, 1.54) is 26.0 Å². The monoisotopic (exact) mass is 243 g/mol. The van der Waals surface area contributed by atoms with Crippen molar-refractivity contribution in [3.8, 4) is 0 Å². The molecular weight excluding hydrogens is 224 g/mol. The molecule has 0 aromatic heterocycles. The Kier molecular flexibility index (Phi) is 7.30. The Morgan fingerprint density at radius 1 is 1.24 bits per heavy atom. The fourth-order valence-electron chi connectivity index (χ4n) is 1.20. The van der Waals surface area contributed by atoms with Crippen LogP contribution in [0.15, 0.2) is 12.1 Å². The molecule has 1 aromatic carbocycles. The second-order valence-corrected chi connectivity index (χ2v) is 3.48. The zero-order valence-corrected chi connectivity index (χ0v) is 10.7. The Morgan fingerprint density at radius 3 is 2.35 bits per heavy atom. The Hall–Kier alpha value is -1.29. The number of halogens is 2. The molecule has 17 heavy (non-hydrogen) atoms. The Balaban J connectivity index is 0.00000121. The van der Waals surface area contributed by atoms with E-state index in [2.05, 4.69) is 5.32 Å². The summed E-state index contributed by atoms with van der Waals surface area (Å²) in [6.45, 7) is 7.25. The molecule has 1 aromatic rings. The van der Waals surface area contributed by atoms with Crippen LogP contribution in [0.4, 0.5) is 8.78 Å². The summed E-state index contributed by atoms with van der Waals surface area (Å²) < 4.78 is 26.4. The van der Waals surface area contributed by atoms with Crippen molar-refractivity contribution in [2.24, 2.45) is 0 Å². The lowest BCUT2D eigenvalue weighted by molar-refractivity contribution is -0.116. The van der Waals surface area contributed by atoms with E-state index in [0.717, 1.165) is 0 Å². The first-order chi connectivity index (χ1) is 8.02. The molecule has 0 aliphatic heterocycles. The van der Waals surface area contributed by atoms with Crippen LogP contribution in [0, 0.1) is 18.6 Å². The predicted octanol–water partition coefficient (Wildman–Crippen LogP) is 2.98. The highest BCUT2D eigenvalue weighted by molar-refractivity contribution is 5.77. The standard InChI is InChI=1S/C11H13F2NO.C2H6/c1-7-3-4-9(11(13)10(7)12)6-14-5-8(2)15;1-2/h3-4,14H,5-6H2,1-2H3;1-2H3. The van der Waals surface area contributed by atoms with Crippen molar-refractivity contribution in [3.63, 3.8) is 0 Å². The molecule has 0 bridgehead atoms. The van der Waals surface area contributed by atoms with Crippen molar-refractivity contribution < 1.29 is 13.6 Å². The summed E-state index contributed by atoms with van der Waals surface area (Å²) in [5, 5.41) is 2.73. The number of carbonyl (C=O) groups excluding carboxylic acids is 1. The first kappa shape index (κ1) is 15.7. The normalized spacial score (nSPS) is 9.53. The highest BCUT2D eigenvalue weighted by Crippen LogP contribution is 2.15. The van der Waals surface area contributed by atoms with Crippen LogP contribution < -0.4 is 5.32 Å². The summed E-state index contributed by atoms with van der Waals surface area (Å²) in [5.74, 6) is -1.70. The molecule has 0 saturated heterocycles. The van der Waals surface area contributed by atoms with Gasteiger partial charge in [-0.2, -0.15) is 0 Å². The van der Waals surface area contributed by atoms with E-state index in [-0.39, 0.29) is 30.0 Å². The van der Waals surface area contributed by atoms with Gasteiger partial charge in [-0.1, -0.05) is 26.0 Å². The minimum Gasteiger partial charge on any atom is -0.306 e. The first-order valence-electron chi connectivity index (χ1n) is 5.66. The van der Waals surface area contributed by atoms with Gasteiger partial charge in [0, 0.05) is 12.1 Å². The number of carbonyl (C=O) groups is 1. The summed E-state index contributed by atoms with van der Waals surface area (Å²) >= 11 is 0. The number of benzene rings is 1. The third-order valence-electron chi connectivity index (χ3n) is 2.04. The molecule has 96 valence electrons. The second-order valence-electron chi connectivity index (χ2n) is 3.48. The maximum atomic E-state index is 13.3. The Labute approximate surface area is 101 Å². The van der Waals surface area contributed by atoms with Gasteiger partial charge in [0.25, 0.3) is 0 Å². The van der Waals surface area contributed by atoms with E-state index in [0.29, 0.717) is 0 Å². The van der Waals surface area contributed by atoms with E-state index < -0.39 is 11.6 Å². The van der Waals surface area contributed by atoms with Crippen LogP contribution in [0.5, 0.6) is 0 Å². The molecule has 0 aliphatic rings. The highest BCUT2D eigenvalue weighted by atomic mass is 19.2. The van der Waals surface area contributed by atoms with Crippen molar-refractivity contribution >= 4 is 5.78 Å². The van der Waals surface area contributed by atoms with Crippen molar-refractivity contribution in [2.45, 2.75) is 34.2 Å². The number of nitrogens with one attached hydrogen (secondary N) is 1. The smallest absolute Gasteiger partial charge is 0.163 e. The van der Waals surface area contributed by atoms with Crippen LogP contribution >= 0.6 is 0 Å². The van der Waals surface area contributed by atoms with Crippen molar-refractivity contribution in [3.05, 3.63) is 34.9 Å². The van der Waals surface area contributed by atoms with Crippen LogP contribution in [0.3, 0.4) is 0 Å². The van der Waals surface area contributed by atoms with Crippen LogP contribution in [-0.4, -0.2) is 12.3 Å². The Bertz CT molecular complexity index is 378. The molecule has 1 N–H and O–H groups in total. The molecule has 1 rings (SSSR count). The second kappa shape index (κ2) is 7.90. The molecule has 0 fully saturated rings. The first-order valence-corrected chi connectivity index (χ1v) is 5.66. The van der Waals surface area contributed by atoms with Gasteiger partial charge in [-0.15, -0.1) is 0 Å². The van der Waals surface area contributed by atoms with E-state index in [9.17, 15) is 13.6 Å². The number of hydrogen-bond acceptors (Lipinski definition) is 2. The third-order valence-corrected chi connectivity index (χ3v) is 2.04. The average Bonchev–Trinajstić information content (AvgIpc) is 2.31. The van der Waals surface area contributed by atoms with E-state index in [4.69, 9.17) is 0 Å². The van der Waals surface area contributed by atoms with Crippen molar-refractivity contribution in [2.75, 3.05) is 6.54 Å². The molecule has 0 saturated carbocycles. The van der Waals surface area contributed by atoms with Gasteiger partial charge >= 0.3 is 0 Å². The van der Waals surface area contributed by atoms with E-state index >= 15 is 0 Å². The molecule has 0 spiro atoms. The molecule has 0 radical (unpaired) electrons. The molecular formula is C13H19F2NO. The van der Waals surface area contributed by atoms with Crippen molar-refractivity contribution in [1.29, 1.82) is 0 Å². The summed E-state index contributed by atoms with van der Waals surface area (Å²) in [5.41, 5.74) is 0.516. The zero-order valence-electron chi connectivity index (χ0n) is 10.7. The molecule has 0 atom stereocenters. The largest absolute Gasteiger partial charge is 0.306 e. The predicted molar refractivity (Wildman–Crippen MR) is 64.8 cm³/mol. The quantitative estimate of drug-likeness (QED) is 0.880. The lowest BCUT2D eigenvalue weighted by Gasteiger charge is -2.06. The molecule has 0 amide bonds. The van der Waals surface area contributed by atoms with Gasteiger partial charge in [0.2, 0.25) is 0 Å². The number of Topliss-reactive ketones (excluding diaryl/α,β-unsaturated/α-hetero) is 1. The molecule has 0 unspecified atom stereocenters. The summed E-state index contributed by atoms with van der Waals surface area (Å²) in [7, 11) is 0. The molecule has 0 aliphatic carbocycles. The lowest BCUT2D eigenvalue weighted by atomic mass is 10.1. The van der Waals surface area contributed by atoms with Gasteiger partial charge in [0.1, 0.15) is 5.78 Å². The van der Waals surface area contributed by atoms with Gasteiger partial charge in [-0.25, -0.2) is 8.78 Å². The average molecular weight is 243 g/mol. The Morgan fingerprint density at radius 2 is 1.82 bits per heavy atom. The maximum absolute atomic E-state index is 13.3. The molecule has 2 nitrogen and oxygen atoms in total. The fraction of sp³-hybridized carbons (Fsp3) is 0.462. The van der Waals surface area contributed by atoms with Crippen LogP contribution in [0.2, 0.25) is 0 Å². The number of hydrogen-bond donors (Lipinski definition) is 1. The van der Waals surface area contributed by atoms with E-state index in [1.807, 2.05) is 13.8 Å². The van der Waals surface area contributed by atoms with Gasteiger partial charge < -0.3 is 5.32 Å². The third kappa shape index (κ3) is 5.04. The minimum atomic E-state index is -0.842. The lowest BCUT2D eigenvalue weighted by Crippen LogP contribution is -2.21. The number of aryl methyl sites for hydroxylation is 1. The highest BCUT2D eigenvalue weighted by Gasteiger charge is 2.10. The van der Waals surface area contributed by atoms with Gasteiger partial charge in [-0.3, -0.25) is 4.79 Å². The summed E-state index contributed by atoms with van der Waals surface area (Å²) in [6, 6.07) is 3.03. The van der Waals surface area contributed by atoms with E-state index in [1.54, 1.807) is 0 Å². The molecule has 4 heteroatoms. The topological polar surface area (TPSA) is 29.1 Å². The summed E-state index contributed by atoms with van der Waals surface area (Å²) in [4.78, 5) is 10.6. The maximum Gasteiger partial charge on any atom is 0.163 e.